The highest BCUT2D eigenvalue weighted by molar-refractivity contribution is 5.37. The number of benzene rings is 2. The number of hydrogen-bond acceptors (Lipinski definition) is 2. The fraction of sp³-hybridized carbons (Fsp3) is 0.250. The summed E-state index contributed by atoms with van der Waals surface area (Å²) in [6, 6.07) is 8.54. The number of halogens is 2. The maximum atomic E-state index is 13.5. The zero-order valence-corrected chi connectivity index (χ0v) is 11.4. The van der Waals surface area contributed by atoms with Crippen LogP contribution in [0.1, 0.15) is 29.7 Å². The van der Waals surface area contributed by atoms with Crippen molar-refractivity contribution >= 4 is 0 Å². The Kier molecular flexibility index (Phi) is 4.35. The summed E-state index contributed by atoms with van der Waals surface area (Å²) in [5.74, 6) is -0.408. The average molecular weight is 278 g/mol. The van der Waals surface area contributed by atoms with Gasteiger partial charge >= 0.3 is 0 Å². The highest BCUT2D eigenvalue weighted by Crippen LogP contribution is 2.24. The number of aryl methyl sites for hydroxylation is 1. The van der Waals surface area contributed by atoms with Crippen molar-refractivity contribution in [2.45, 2.75) is 26.6 Å². The summed E-state index contributed by atoms with van der Waals surface area (Å²) >= 11 is 0. The van der Waals surface area contributed by atoms with E-state index in [1.165, 1.54) is 0 Å². The molecule has 2 aromatic rings. The second-order valence-corrected chi connectivity index (χ2v) is 4.73. The molecule has 0 unspecified atom stereocenters. The van der Waals surface area contributed by atoms with E-state index in [0.717, 1.165) is 29.3 Å². The van der Waals surface area contributed by atoms with E-state index in [4.69, 9.17) is 4.74 Å². The van der Waals surface area contributed by atoms with Crippen molar-refractivity contribution < 1.29 is 18.6 Å². The van der Waals surface area contributed by atoms with Gasteiger partial charge in [0.25, 0.3) is 0 Å². The third-order valence-electron chi connectivity index (χ3n) is 3.07. The molecule has 0 amide bonds. The minimum absolute atomic E-state index is 0.0432. The van der Waals surface area contributed by atoms with Gasteiger partial charge in [-0.05, 0) is 55.3 Å². The van der Waals surface area contributed by atoms with E-state index in [9.17, 15) is 13.9 Å². The van der Waals surface area contributed by atoms with Crippen LogP contribution in [0.4, 0.5) is 8.78 Å². The Morgan fingerprint density at radius 2 is 1.90 bits per heavy atom. The van der Waals surface area contributed by atoms with Gasteiger partial charge in [-0.15, -0.1) is 0 Å². The lowest BCUT2D eigenvalue weighted by Gasteiger charge is -2.12. The third kappa shape index (κ3) is 3.33. The molecule has 0 saturated carbocycles. The van der Waals surface area contributed by atoms with E-state index in [1.54, 1.807) is 19.1 Å². The zero-order chi connectivity index (χ0) is 14.7. The molecule has 20 heavy (non-hydrogen) atoms. The van der Waals surface area contributed by atoms with E-state index in [0.29, 0.717) is 5.75 Å². The molecule has 0 radical (unpaired) electrons. The summed E-state index contributed by atoms with van der Waals surface area (Å²) in [7, 11) is 0. The van der Waals surface area contributed by atoms with Crippen molar-refractivity contribution in [2.24, 2.45) is 0 Å². The van der Waals surface area contributed by atoms with E-state index < -0.39 is 17.7 Å². The van der Waals surface area contributed by atoms with Gasteiger partial charge in [0, 0.05) is 5.56 Å². The molecule has 0 bridgehead atoms. The molecule has 1 N–H and O–H groups in total. The van der Waals surface area contributed by atoms with Crippen molar-refractivity contribution in [3.05, 3.63) is 64.7 Å². The predicted molar refractivity (Wildman–Crippen MR) is 72.5 cm³/mol. The first-order valence-corrected chi connectivity index (χ1v) is 6.32. The van der Waals surface area contributed by atoms with Gasteiger partial charge in [-0.25, -0.2) is 8.78 Å². The Morgan fingerprint density at radius 3 is 2.55 bits per heavy atom. The Balaban J connectivity index is 2.13. The molecule has 106 valence electrons. The quantitative estimate of drug-likeness (QED) is 0.919. The first-order valence-electron chi connectivity index (χ1n) is 6.32. The van der Waals surface area contributed by atoms with Crippen LogP contribution in [0.5, 0.6) is 5.75 Å². The van der Waals surface area contributed by atoms with Crippen molar-refractivity contribution in [1.82, 2.24) is 0 Å². The lowest BCUT2D eigenvalue weighted by molar-refractivity contribution is 0.199. The molecule has 2 nitrogen and oxygen atoms in total. The molecule has 1 atom stereocenters. The third-order valence-corrected chi connectivity index (χ3v) is 3.07. The van der Waals surface area contributed by atoms with Gasteiger partial charge in [-0.1, -0.05) is 6.07 Å². The van der Waals surface area contributed by atoms with E-state index >= 15 is 0 Å². The molecular weight excluding hydrogens is 262 g/mol. The topological polar surface area (TPSA) is 29.5 Å². The van der Waals surface area contributed by atoms with Gasteiger partial charge in [0.15, 0.2) is 0 Å². The van der Waals surface area contributed by atoms with Crippen LogP contribution in [-0.2, 0) is 6.61 Å². The highest BCUT2D eigenvalue weighted by atomic mass is 19.1. The van der Waals surface area contributed by atoms with E-state index in [-0.39, 0.29) is 12.2 Å². The zero-order valence-electron chi connectivity index (χ0n) is 11.4. The van der Waals surface area contributed by atoms with Crippen molar-refractivity contribution in [2.75, 3.05) is 0 Å². The smallest absolute Gasteiger partial charge is 0.130 e. The molecule has 4 heteroatoms. The second-order valence-electron chi connectivity index (χ2n) is 4.73. The summed E-state index contributed by atoms with van der Waals surface area (Å²) in [5, 5.41) is 9.48. The molecule has 0 aromatic heterocycles. The van der Waals surface area contributed by atoms with Crippen LogP contribution in [0, 0.1) is 18.6 Å². The Labute approximate surface area is 116 Å². The number of rotatable bonds is 4. The Morgan fingerprint density at radius 1 is 1.15 bits per heavy atom. The maximum Gasteiger partial charge on any atom is 0.130 e. The van der Waals surface area contributed by atoms with Crippen LogP contribution in [0.25, 0.3) is 0 Å². The molecular formula is C16H16F2O2. The molecule has 0 aliphatic heterocycles. The van der Waals surface area contributed by atoms with Crippen molar-refractivity contribution in [1.29, 1.82) is 0 Å². The lowest BCUT2D eigenvalue weighted by atomic mass is 10.1. The lowest BCUT2D eigenvalue weighted by Crippen LogP contribution is -2.01. The van der Waals surface area contributed by atoms with Crippen LogP contribution >= 0.6 is 0 Å². The van der Waals surface area contributed by atoms with E-state index in [2.05, 4.69) is 0 Å². The summed E-state index contributed by atoms with van der Waals surface area (Å²) in [4.78, 5) is 0. The fourth-order valence-electron chi connectivity index (χ4n) is 1.90. The number of hydrogen-bond donors (Lipinski definition) is 1. The summed E-state index contributed by atoms with van der Waals surface area (Å²) in [6.45, 7) is 3.47. The normalized spacial score (nSPS) is 12.2. The molecule has 0 aliphatic rings. The van der Waals surface area contributed by atoms with Crippen molar-refractivity contribution in [3.8, 4) is 5.75 Å². The van der Waals surface area contributed by atoms with Crippen LogP contribution in [-0.4, -0.2) is 5.11 Å². The second kappa shape index (κ2) is 6.01. The monoisotopic (exact) mass is 278 g/mol. The van der Waals surface area contributed by atoms with Crippen LogP contribution in [0.15, 0.2) is 36.4 Å². The molecule has 2 aromatic carbocycles. The number of ether oxygens (including phenoxy) is 1. The van der Waals surface area contributed by atoms with Crippen LogP contribution in [0.3, 0.4) is 0 Å². The maximum absolute atomic E-state index is 13.5. The minimum Gasteiger partial charge on any atom is -0.489 e. The van der Waals surface area contributed by atoms with Gasteiger partial charge in [0.05, 0.1) is 6.10 Å². The molecule has 0 aliphatic carbocycles. The molecule has 0 spiro atoms. The first-order chi connectivity index (χ1) is 9.47. The average Bonchev–Trinajstić information content (AvgIpc) is 2.40. The van der Waals surface area contributed by atoms with Gasteiger partial charge in [0.2, 0.25) is 0 Å². The minimum atomic E-state index is -0.552. The summed E-state index contributed by atoms with van der Waals surface area (Å²) in [6.07, 6.45) is -0.552. The standard InChI is InChI=1S/C16H16F2O2/c1-10-7-12(11(2)19)3-6-16(10)20-9-13-8-14(17)4-5-15(13)18/h3-8,11,19H,9H2,1-2H3/t11-/m0/s1. The summed E-state index contributed by atoms with van der Waals surface area (Å²) < 4.78 is 32.0. The molecule has 0 heterocycles. The van der Waals surface area contributed by atoms with Gasteiger partial charge in [0.1, 0.15) is 24.0 Å². The van der Waals surface area contributed by atoms with Gasteiger partial charge in [-0.2, -0.15) is 0 Å². The predicted octanol–water partition coefficient (Wildman–Crippen LogP) is 3.91. The fourth-order valence-corrected chi connectivity index (χ4v) is 1.90. The Bertz CT molecular complexity index is 609. The summed E-state index contributed by atoms with van der Waals surface area (Å²) in [5.41, 5.74) is 1.79. The molecule has 0 saturated heterocycles. The number of aliphatic hydroxyl groups excluding tert-OH is 1. The van der Waals surface area contributed by atoms with Crippen molar-refractivity contribution in [3.63, 3.8) is 0 Å². The van der Waals surface area contributed by atoms with Crippen LogP contribution < -0.4 is 4.74 Å². The largest absolute Gasteiger partial charge is 0.489 e. The van der Waals surface area contributed by atoms with Gasteiger partial charge < -0.3 is 9.84 Å². The van der Waals surface area contributed by atoms with E-state index in [1.807, 2.05) is 13.0 Å². The number of aliphatic hydroxyl groups is 1. The van der Waals surface area contributed by atoms with Crippen LogP contribution in [0.2, 0.25) is 0 Å². The molecule has 2 rings (SSSR count). The SMILES string of the molecule is Cc1cc([C@H](C)O)ccc1OCc1cc(F)ccc1F. The molecule has 0 fully saturated rings. The Hall–Kier alpha value is -1.94. The first kappa shape index (κ1) is 14.5. The highest BCUT2D eigenvalue weighted by Gasteiger charge is 2.08. The van der Waals surface area contributed by atoms with Gasteiger partial charge in [-0.3, -0.25) is 0 Å².